The van der Waals surface area contributed by atoms with Crippen LogP contribution in [0.4, 0.5) is 5.69 Å². The van der Waals surface area contributed by atoms with E-state index in [1.165, 1.54) is 33.2 Å². The minimum Gasteiger partial charge on any atom is -0.455 e. The van der Waals surface area contributed by atoms with Crippen molar-refractivity contribution >= 4 is 27.6 Å². The van der Waals surface area contributed by atoms with Gasteiger partial charge in [-0.3, -0.25) is 0 Å². The highest BCUT2D eigenvalue weighted by molar-refractivity contribution is 6.17. The van der Waals surface area contributed by atoms with Crippen molar-refractivity contribution in [3.8, 4) is 44.5 Å². The largest absolute Gasteiger partial charge is 0.455 e. The monoisotopic (exact) mass is 409 g/mol. The van der Waals surface area contributed by atoms with Crippen LogP contribution in [0.2, 0.25) is 0 Å². The molecule has 2 nitrogen and oxygen atoms in total. The van der Waals surface area contributed by atoms with Gasteiger partial charge >= 0.3 is 0 Å². The molecule has 6 aromatic rings. The second-order valence-corrected chi connectivity index (χ2v) is 8.42. The van der Waals surface area contributed by atoms with Gasteiger partial charge in [0, 0.05) is 22.0 Å². The Morgan fingerprint density at radius 3 is 1.97 bits per heavy atom. The molecular formula is C30H19NO. The fraction of sp³-hybridized carbons (Fsp3) is 0. The molecule has 1 heterocycles. The van der Waals surface area contributed by atoms with Crippen molar-refractivity contribution in [3.63, 3.8) is 0 Å². The van der Waals surface area contributed by atoms with Crippen molar-refractivity contribution in [2.24, 2.45) is 0 Å². The zero-order valence-electron chi connectivity index (χ0n) is 17.3. The number of fused-ring (bicyclic) bond motifs is 2. The second kappa shape index (κ2) is 6.35. The summed E-state index contributed by atoms with van der Waals surface area (Å²) in [6.45, 7) is 0. The molecule has 3 aliphatic carbocycles. The first-order valence-corrected chi connectivity index (χ1v) is 10.8. The summed E-state index contributed by atoms with van der Waals surface area (Å²) >= 11 is 0. The van der Waals surface area contributed by atoms with E-state index in [9.17, 15) is 0 Å². The molecule has 0 radical (unpaired) electrons. The molecule has 6 bridgehead atoms. The van der Waals surface area contributed by atoms with Gasteiger partial charge < -0.3 is 10.2 Å². The van der Waals surface area contributed by atoms with Gasteiger partial charge in [0.15, 0.2) is 0 Å². The van der Waals surface area contributed by atoms with E-state index in [0.29, 0.717) is 0 Å². The van der Waals surface area contributed by atoms with Gasteiger partial charge in [-0.25, -0.2) is 0 Å². The van der Waals surface area contributed by atoms with Crippen molar-refractivity contribution in [3.05, 3.63) is 103 Å². The Morgan fingerprint density at radius 2 is 1.12 bits per heavy atom. The molecule has 0 unspecified atom stereocenters. The molecule has 1 aromatic heterocycles. The SMILES string of the molecule is Nc1ccc(-c2ccc3cc2-c2ccc(c4c2oc2ccccc24)-c2ccc-3cc2)cc1. The molecule has 0 amide bonds. The number of nitrogens with two attached hydrogens (primary N) is 1. The first kappa shape index (κ1) is 17.4. The molecule has 0 atom stereocenters. The maximum Gasteiger partial charge on any atom is 0.143 e. The lowest BCUT2D eigenvalue weighted by Gasteiger charge is -2.14. The van der Waals surface area contributed by atoms with Crippen LogP contribution in [0.1, 0.15) is 0 Å². The van der Waals surface area contributed by atoms with Crippen LogP contribution in [0.3, 0.4) is 0 Å². The molecule has 32 heavy (non-hydrogen) atoms. The quantitative estimate of drug-likeness (QED) is 0.278. The predicted octanol–water partition coefficient (Wildman–Crippen LogP) is 8.15. The van der Waals surface area contributed by atoms with E-state index >= 15 is 0 Å². The van der Waals surface area contributed by atoms with E-state index in [1.807, 2.05) is 18.2 Å². The summed E-state index contributed by atoms with van der Waals surface area (Å²) in [5.41, 5.74) is 17.9. The smallest absolute Gasteiger partial charge is 0.143 e. The third-order valence-electron chi connectivity index (χ3n) is 6.59. The molecule has 5 aromatic carbocycles. The van der Waals surface area contributed by atoms with Crippen molar-refractivity contribution in [2.45, 2.75) is 0 Å². The number of furan rings is 1. The van der Waals surface area contributed by atoms with E-state index in [4.69, 9.17) is 10.2 Å². The van der Waals surface area contributed by atoms with Crippen LogP contribution in [-0.2, 0) is 0 Å². The lowest BCUT2D eigenvalue weighted by atomic mass is 9.90. The van der Waals surface area contributed by atoms with Crippen LogP contribution in [0.5, 0.6) is 0 Å². The van der Waals surface area contributed by atoms with Gasteiger partial charge in [0.1, 0.15) is 11.2 Å². The van der Waals surface area contributed by atoms with E-state index in [0.717, 1.165) is 38.9 Å². The van der Waals surface area contributed by atoms with E-state index in [1.54, 1.807) is 0 Å². The standard InChI is InChI=1S/C30H19NO/c31-22-12-9-19(10-13-22)23-14-11-21-17-27(23)25-16-15-24(20-7-5-18(21)6-8-20)29-26-3-1-2-4-28(26)32-30(25)29/h1-17H,31H2. The summed E-state index contributed by atoms with van der Waals surface area (Å²) in [6.07, 6.45) is 0. The Hall–Kier alpha value is -4.30. The molecule has 3 aliphatic rings. The van der Waals surface area contributed by atoms with Crippen molar-refractivity contribution in [1.82, 2.24) is 0 Å². The first-order chi connectivity index (χ1) is 15.8. The highest BCUT2D eigenvalue weighted by Gasteiger charge is 2.20. The molecule has 2 N–H and O–H groups in total. The highest BCUT2D eigenvalue weighted by atomic mass is 16.3. The third-order valence-corrected chi connectivity index (χ3v) is 6.59. The number of rotatable bonds is 1. The summed E-state index contributed by atoms with van der Waals surface area (Å²) in [5.74, 6) is 0. The van der Waals surface area contributed by atoms with Gasteiger partial charge in [-0.05, 0) is 69.3 Å². The van der Waals surface area contributed by atoms with Gasteiger partial charge in [-0.1, -0.05) is 72.8 Å². The zero-order chi connectivity index (χ0) is 21.2. The fourth-order valence-electron chi connectivity index (χ4n) is 4.98. The van der Waals surface area contributed by atoms with Crippen LogP contribution < -0.4 is 5.73 Å². The van der Waals surface area contributed by atoms with E-state index in [-0.39, 0.29) is 0 Å². The molecule has 0 saturated heterocycles. The van der Waals surface area contributed by atoms with Crippen LogP contribution in [0.15, 0.2) is 108 Å². The molecule has 150 valence electrons. The predicted molar refractivity (Wildman–Crippen MR) is 133 cm³/mol. The number of nitrogen functional groups attached to an aromatic ring is 1. The average molecular weight is 409 g/mol. The summed E-state index contributed by atoms with van der Waals surface area (Å²) in [6, 6.07) is 36.4. The molecule has 2 heteroatoms. The third kappa shape index (κ3) is 2.41. The van der Waals surface area contributed by atoms with Gasteiger partial charge in [0.2, 0.25) is 0 Å². The minimum atomic E-state index is 0.765. The van der Waals surface area contributed by atoms with Crippen LogP contribution in [0.25, 0.3) is 66.4 Å². The maximum absolute atomic E-state index is 6.51. The summed E-state index contributed by atoms with van der Waals surface area (Å²) in [5, 5.41) is 2.31. The van der Waals surface area contributed by atoms with Gasteiger partial charge in [0.25, 0.3) is 0 Å². The van der Waals surface area contributed by atoms with E-state index < -0.39 is 0 Å². The van der Waals surface area contributed by atoms with Crippen molar-refractivity contribution in [2.75, 3.05) is 5.73 Å². The number of benzene rings is 5. The molecule has 9 rings (SSSR count). The van der Waals surface area contributed by atoms with Crippen molar-refractivity contribution < 1.29 is 4.42 Å². The number of anilines is 1. The Morgan fingerprint density at radius 1 is 0.500 bits per heavy atom. The normalized spacial score (nSPS) is 11.9. The summed E-state index contributed by atoms with van der Waals surface area (Å²) < 4.78 is 6.51. The molecule has 0 aliphatic heterocycles. The summed E-state index contributed by atoms with van der Waals surface area (Å²) in [7, 11) is 0. The molecule has 0 saturated carbocycles. The zero-order valence-corrected chi connectivity index (χ0v) is 17.3. The minimum absolute atomic E-state index is 0.765. The number of para-hydroxylation sites is 1. The van der Waals surface area contributed by atoms with Gasteiger partial charge in [-0.15, -0.1) is 0 Å². The Kier molecular flexibility index (Phi) is 3.45. The molecule has 0 spiro atoms. The van der Waals surface area contributed by atoms with Gasteiger partial charge in [0.05, 0.1) is 0 Å². The van der Waals surface area contributed by atoms with Crippen LogP contribution >= 0.6 is 0 Å². The Bertz CT molecular complexity index is 1650. The number of hydrogen-bond acceptors (Lipinski definition) is 2. The summed E-state index contributed by atoms with van der Waals surface area (Å²) in [4.78, 5) is 0. The maximum atomic E-state index is 6.51. The van der Waals surface area contributed by atoms with E-state index in [2.05, 4.69) is 84.9 Å². The number of hydrogen-bond donors (Lipinski definition) is 1. The van der Waals surface area contributed by atoms with Crippen LogP contribution in [-0.4, -0.2) is 0 Å². The van der Waals surface area contributed by atoms with Gasteiger partial charge in [-0.2, -0.15) is 0 Å². The highest BCUT2D eigenvalue weighted by Crippen LogP contribution is 2.46. The Balaban J connectivity index is 1.67. The topological polar surface area (TPSA) is 39.2 Å². The first-order valence-electron chi connectivity index (χ1n) is 10.8. The molecular weight excluding hydrogens is 390 g/mol. The Labute approximate surface area is 185 Å². The molecule has 0 fully saturated rings. The lowest BCUT2D eigenvalue weighted by molar-refractivity contribution is 0.670. The van der Waals surface area contributed by atoms with Crippen molar-refractivity contribution in [1.29, 1.82) is 0 Å². The second-order valence-electron chi connectivity index (χ2n) is 8.42. The lowest BCUT2D eigenvalue weighted by Crippen LogP contribution is -1.89. The van der Waals surface area contributed by atoms with Crippen LogP contribution in [0, 0.1) is 0 Å². The fourth-order valence-corrected chi connectivity index (χ4v) is 4.98. The average Bonchev–Trinajstić information content (AvgIpc) is 3.22.